The topological polar surface area (TPSA) is 173 Å². The number of hydrogen-bond acceptors (Lipinski definition) is 6. The Bertz CT molecular complexity index is 376. The van der Waals surface area contributed by atoms with Crippen LogP contribution in [0.1, 0.15) is 96.8 Å². The van der Waals surface area contributed by atoms with Crippen LogP contribution in [0.5, 0.6) is 0 Å². The zero-order valence-corrected chi connectivity index (χ0v) is 18.3. The van der Waals surface area contributed by atoms with E-state index in [1.54, 1.807) is 0 Å². The van der Waals surface area contributed by atoms with E-state index in [4.69, 9.17) is 30.6 Å². The molecule has 0 aliphatic heterocycles. The Morgan fingerprint density at radius 3 is 1.03 bits per heavy atom. The van der Waals surface area contributed by atoms with Crippen LogP contribution in [-0.4, -0.2) is 67.9 Å². The fraction of sp³-hybridized carbons (Fsp3) is 0.857. The zero-order chi connectivity index (χ0) is 23.6. The molecule has 6 N–H and O–H groups in total. The number of carboxylic acids is 3. The average Bonchev–Trinajstić information content (AvgIpc) is 2.69. The van der Waals surface area contributed by atoms with Crippen molar-refractivity contribution < 1.29 is 45.0 Å². The Hall–Kier alpha value is -1.71. The maximum Gasteiger partial charge on any atom is 0.303 e. The van der Waals surface area contributed by atoms with Crippen molar-refractivity contribution in [2.45, 2.75) is 103 Å². The largest absolute Gasteiger partial charge is 0.481 e. The first kappa shape index (κ1) is 32.9. The first-order valence-electron chi connectivity index (χ1n) is 10.8. The smallest absolute Gasteiger partial charge is 0.303 e. The molecule has 0 saturated heterocycles. The van der Waals surface area contributed by atoms with Gasteiger partial charge in [0.15, 0.2) is 0 Å². The Kier molecular flexibility index (Phi) is 30.0. The molecule has 30 heavy (non-hydrogen) atoms. The normalized spacial score (nSPS) is 9.90. The summed E-state index contributed by atoms with van der Waals surface area (Å²) in [6.07, 6.45) is 10.8. The Morgan fingerprint density at radius 2 is 0.833 bits per heavy atom. The van der Waals surface area contributed by atoms with Gasteiger partial charge >= 0.3 is 17.9 Å². The van der Waals surface area contributed by atoms with Crippen LogP contribution in [0.4, 0.5) is 0 Å². The minimum absolute atomic E-state index is 0.245. The number of unbranched alkanes of at least 4 members (excludes halogenated alkanes) is 9. The highest BCUT2D eigenvalue weighted by Crippen LogP contribution is 2.08. The first-order valence-corrected chi connectivity index (χ1v) is 10.8. The lowest BCUT2D eigenvalue weighted by Gasteiger charge is -1.98. The molecule has 0 aromatic carbocycles. The minimum atomic E-state index is -0.954. The molecule has 0 unspecified atom stereocenters. The fourth-order valence-electron chi connectivity index (χ4n) is 2.20. The van der Waals surface area contributed by atoms with Gasteiger partial charge in [-0.1, -0.05) is 58.3 Å². The van der Waals surface area contributed by atoms with E-state index in [1.807, 2.05) is 0 Å². The number of carboxylic acid groups (broad SMARTS) is 3. The molecule has 0 aromatic heterocycles. The maximum atomic E-state index is 10.1. The molecule has 0 spiro atoms. The highest BCUT2D eigenvalue weighted by Gasteiger charge is 1.98. The fourth-order valence-corrected chi connectivity index (χ4v) is 2.20. The second-order valence-electron chi connectivity index (χ2n) is 6.99. The van der Waals surface area contributed by atoms with Crippen LogP contribution < -0.4 is 0 Å². The van der Waals surface area contributed by atoms with Gasteiger partial charge < -0.3 is 30.6 Å². The molecule has 180 valence electrons. The summed E-state index contributed by atoms with van der Waals surface area (Å²) < 4.78 is 0. The van der Waals surface area contributed by atoms with E-state index in [-0.39, 0.29) is 26.1 Å². The Morgan fingerprint density at radius 1 is 0.567 bits per heavy atom. The quantitative estimate of drug-likeness (QED) is 0.187. The van der Waals surface area contributed by atoms with Crippen molar-refractivity contribution in [3.63, 3.8) is 0 Å². The van der Waals surface area contributed by atoms with E-state index in [1.165, 1.54) is 19.3 Å². The van der Waals surface area contributed by atoms with Gasteiger partial charge in [0.05, 0.1) is 13.2 Å². The average molecular weight is 439 g/mol. The second kappa shape index (κ2) is 27.3. The van der Waals surface area contributed by atoms with Crippen molar-refractivity contribution in [2.75, 3.05) is 13.2 Å². The summed E-state index contributed by atoms with van der Waals surface area (Å²) >= 11 is 0. The highest BCUT2D eigenvalue weighted by atomic mass is 16.4. The predicted octanol–water partition coefficient (Wildman–Crippen LogP) is 3.04. The number of carbonyl (C=O) groups is 3. The number of aliphatic hydroxyl groups is 3. The molecule has 0 saturated carbocycles. The molecule has 0 atom stereocenters. The van der Waals surface area contributed by atoms with Gasteiger partial charge in [0.1, 0.15) is 6.10 Å². The first-order chi connectivity index (χ1) is 14.2. The van der Waals surface area contributed by atoms with Crippen LogP contribution in [0.15, 0.2) is 0 Å². The molecule has 0 bridgehead atoms. The van der Waals surface area contributed by atoms with Gasteiger partial charge in [-0.25, -0.2) is 0 Å². The maximum absolute atomic E-state index is 10.1. The van der Waals surface area contributed by atoms with Gasteiger partial charge in [-0.05, 0) is 19.3 Å². The van der Waals surface area contributed by atoms with E-state index in [2.05, 4.69) is 6.92 Å². The number of hydrogen-bond donors (Lipinski definition) is 6. The summed E-state index contributed by atoms with van der Waals surface area (Å²) in [6, 6.07) is 0. The molecule has 0 aliphatic rings. The van der Waals surface area contributed by atoms with Gasteiger partial charge in [0.2, 0.25) is 0 Å². The molecule has 0 amide bonds. The molecule has 9 heteroatoms. The molecule has 0 aromatic rings. The van der Waals surface area contributed by atoms with Crippen molar-refractivity contribution in [2.24, 2.45) is 0 Å². The van der Waals surface area contributed by atoms with Gasteiger partial charge in [-0.3, -0.25) is 14.4 Å². The molecule has 0 rings (SSSR count). The molecule has 0 radical (unpaired) electrons. The number of aliphatic carboxylic acids is 3. The van der Waals surface area contributed by atoms with E-state index in [0.717, 1.165) is 51.4 Å². The van der Waals surface area contributed by atoms with Crippen molar-refractivity contribution in [3.05, 3.63) is 0 Å². The van der Waals surface area contributed by atoms with Crippen molar-refractivity contribution in [3.8, 4) is 0 Å². The van der Waals surface area contributed by atoms with Crippen LogP contribution in [0.25, 0.3) is 0 Å². The molecule has 9 nitrogen and oxygen atoms in total. The lowest BCUT2D eigenvalue weighted by atomic mass is 10.1. The van der Waals surface area contributed by atoms with Crippen molar-refractivity contribution in [1.29, 1.82) is 0 Å². The van der Waals surface area contributed by atoms with Crippen LogP contribution in [0.2, 0.25) is 0 Å². The molecule has 0 heterocycles. The van der Waals surface area contributed by atoms with Crippen LogP contribution in [-0.2, 0) is 14.4 Å². The predicted molar refractivity (Wildman–Crippen MR) is 113 cm³/mol. The number of rotatable bonds is 17. The Labute approximate surface area is 179 Å². The Balaban J connectivity index is -0.000000397. The molecular weight excluding hydrogens is 396 g/mol. The summed E-state index contributed by atoms with van der Waals surface area (Å²) in [5.74, 6) is -2.15. The van der Waals surface area contributed by atoms with Crippen LogP contribution in [0.3, 0.4) is 0 Å². The summed E-state index contributed by atoms with van der Waals surface area (Å²) in [4.78, 5) is 30.3. The zero-order valence-electron chi connectivity index (χ0n) is 18.3. The van der Waals surface area contributed by atoms with Crippen molar-refractivity contribution >= 4 is 17.9 Å². The van der Waals surface area contributed by atoms with Gasteiger partial charge in [-0.15, -0.1) is 0 Å². The molecule has 0 fully saturated rings. The standard InChI is InChI=1S/C10H18O4.C8H16O2.C3H8O3/c11-9(12)7-5-3-1-2-4-6-8-10(13)14;1-2-3-4-5-6-7-8(9)10;4-1-3(6)2-5/h1-8H2,(H,11,12)(H,13,14);2-7H2,1H3,(H,9,10);3-6H,1-2H2. The van der Waals surface area contributed by atoms with Gasteiger partial charge in [0.25, 0.3) is 0 Å². The molecular formula is C21H42O9. The molecule has 0 aliphatic carbocycles. The minimum Gasteiger partial charge on any atom is -0.481 e. The van der Waals surface area contributed by atoms with E-state index in [0.29, 0.717) is 6.42 Å². The summed E-state index contributed by atoms with van der Waals surface area (Å²) in [6.45, 7) is 1.42. The summed E-state index contributed by atoms with van der Waals surface area (Å²) in [5.41, 5.74) is 0. The van der Waals surface area contributed by atoms with Crippen LogP contribution in [0, 0.1) is 0 Å². The SMILES string of the molecule is CCCCCCCC(=O)O.O=C(O)CCCCCCCCC(=O)O.OCC(O)CO. The summed E-state index contributed by atoms with van der Waals surface area (Å²) in [7, 11) is 0. The third kappa shape index (κ3) is 40.8. The van der Waals surface area contributed by atoms with Gasteiger partial charge in [-0.2, -0.15) is 0 Å². The third-order valence-corrected chi connectivity index (χ3v) is 3.95. The van der Waals surface area contributed by atoms with Crippen molar-refractivity contribution in [1.82, 2.24) is 0 Å². The monoisotopic (exact) mass is 438 g/mol. The van der Waals surface area contributed by atoms with Crippen LogP contribution >= 0.6 is 0 Å². The van der Waals surface area contributed by atoms with E-state index < -0.39 is 24.0 Å². The highest BCUT2D eigenvalue weighted by molar-refractivity contribution is 5.67. The summed E-state index contributed by atoms with van der Waals surface area (Å²) in [5, 5.41) is 49.0. The van der Waals surface area contributed by atoms with Gasteiger partial charge in [0, 0.05) is 19.3 Å². The third-order valence-electron chi connectivity index (χ3n) is 3.95. The van der Waals surface area contributed by atoms with E-state index in [9.17, 15) is 14.4 Å². The number of aliphatic hydroxyl groups excluding tert-OH is 3. The second-order valence-corrected chi connectivity index (χ2v) is 6.99. The van der Waals surface area contributed by atoms with E-state index >= 15 is 0 Å². The lowest BCUT2D eigenvalue weighted by Crippen LogP contribution is -2.15. The lowest BCUT2D eigenvalue weighted by molar-refractivity contribution is -0.138.